The summed E-state index contributed by atoms with van der Waals surface area (Å²) >= 11 is 0. The third-order valence-corrected chi connectivity index (χ3v) is 2.45. The number of nitrogens with one attached hydrogen (secondary N) is 2. The summed E-state index contributed by atoms with van der Waals surface area (Å²) < 4.78 is 5.18. The van der Waals surface area contributed by atoms with E-state index in [1.807, 2.05) is 12.1 Å². The van der Waals surface area contributed by atoms with Crippen LogP contribution in [0.1, 0.15) is 12.5 Å². The molecule has 0 saturated carbocycles. The molecule has 0 fully saturated rings. The van der Waals surface area contributed by atoms with Crippen molar-refractivity contribution in [2.24, 2.45) is 0 Å². The number of methoxy groups -OCH3 is 1. The van der Waals surface area contributed by atoms with Crippen LogP contribution in [0, 0.1) is 0 Å². The predicted octanol–water partition coefficient (Wildman–Crippen LogP) is 1.44. The Morgan fingerprint density at radius 3 is 2.69 bits per heavy atom. The van der Waals surface area contributed by atoms with Gasteiger partial charge in [-0.25, -0.2) is 0 Å². The summed E-state index contributed by atoms with van der Waals surface area (Å²) in [5, 5.41) is 6.69. The van der Waals surface area contributed by atoms with Gasteiger partial charge >= 0.3 is 0 Å². The van der Waals surface area contributed by atoms with Crippen LogP contribution in [-0.4, -0.2) is 33.3 Å². The zero-order valence-corrected chi connectivity index (χ0v) is 10.3. The first-order chi connectivity index (χ1) is 7.86. The molecule has 0 heterocycles. The molecule has 0 aliphatic rings. The monoisotopic (exact) mass is 222 g/mol. The van der Waals surface area contributed by atoms with E-state index >= 15 is 0 Å². The van der Waals surface area contributed by atoms with E-state index in [1.165, 1.54) is 5.56 Å². The second kappa shape index (κ2) is 8.13. The van der Waals surface area contributed by atoms with E-state index in [9.17, 15) is 0 Å². The number of benzene rings is 1. The third-order valence-electron chi connectivity index (χ3n) is 2.45. The van der Waals surface area contributed by atoms with Crippen LogP contribution in [0.3, 0.4) is 0 Å². The molecule has 0 atom stereocenters. The highest BCUT2D eigenvalue weighted by molar-refractivity contribution is 5.28. The number of hydrogen-bond acceptors (Lipinski definition) is 3. The maximum absolute atomic E-state index is 5.18. The molecule has 0 unspecified atom stereocenters. The molecule has 0 radical (unpaired) electrons. The molecule has 0 aromatic heterocycles. The van der Waals surface area contributed by atoms with Crippen molar-refractivity contribution in [2.45, 2.75) is 13.3 Å². The lowest BCUT2D eigenvalue weighted by molar-refractivity contribution is 0.414. The van der Waals surface area contributed by atoms with Crippen LogP contribution in [0.4, 0.5) is 0 Å². The highest BCUT2D eigenvalue weighted by Crippen LogP contribution is 2.12. The van der Waals surface area contributed by atoms with Crippen molar-refractivity contribution in [3.8, 4) is 5.75 Å². The van der Waals surface area contributed by atoms with Gasteiger partial charge in [0.05, 0.1) is 7.11 Å². The van der Waals surface area contributed by atoms with Crippen LogP contribution in [-0.2, 0) is 6.42 Å². The molecule has 3 heteroatoms. The van der Waals surface area contributed by atoms with Crippen LogP contribution in [0.2, 0.25) is 0 Å². The lowest BCUT2D eigenvalue weighted by Gasteiger charge is -2.06. The van der Waals surface area contributed by atoms with Crippen LogP contribution in [0.15, 0.2) is 24.3 Å². The lowest BCUT2D eigenvalue weighted by Crippen LogP contribution is -2.28. The quantitative estimate of drug-likeness (QED) is 0.653. The highest BCUT2D eigenvalue weighted by atomic mass is 16.5. The van der Waals surface area contributed by atoms with E-state index in [0.29, 0.717) is 0 Å². The number of likely N-dealkylation sites (N-methyl/N-ethyl adjacent to an activating group) is 1. The molecule has 2 N–H and O–H groups in total. The fourth-order valence-electron chi connectivity index (χ4n) is 1.54. The number of hydrogen-bond donors (Lipinski definition) is 2. The first kappa shape index (κ1) is 13.0. The normalized spacial score (nSPS) is 10.4. The number of ether oxygens (including phenoxy) is 1. The van der Waals surface area contributed by atoms with Crippen LogP contribution in [0.5, 0.6) is 5.75 Å². The van der Waals surface area contributed by atoms with Crippen LogP contribution in [0.25, 0.3) is 0 Å². The molecule has 1 aromatic carbocycles. The molecule has 3 nitrogen and oxygen atoms in total. The van der Waals surface area contributed by atoms with Crippen molar-refractivity contribution in [2.75, 3.05) is 33.3 Å². The Morgan fingerprint density at radius 2 is 1.94 bits per heavy atom. The van der Waals surface area contributed by atoms with Crippen molar-refractivity contribution >= 4 is 0 Å². The summed E-state index contributed by atoms with van der Waals surface area (Å²) in [6, 6.07) is 8.23. The van der Waals surface area contributed by atoms with Gasteiger partial charge in [-0.15, -0.1) is 0 Å². The Kier molecular flexibility index (Phi) is 6.61. The molecule has 0 bridgehead atoms. The first-order valence-electron chi connectivity index (χ1n) is 5.91. The molecule has 0 aliphatic carbocycles. The minimum absolute atomic E-state index is 0.935. The van der Waals surface area contributed by atoms with Crippen LogP contribution < -0.4 is 15.4 Å². The van der Waals surface area contributed by atoms with Gasteiger partial charge in [-0.1, -0.05) is 19.1 Å². The van der Waals surface area contributed by atoms with E-state index in [2.05, 4.69) is 29.7 Å². The van der Waals surface area contributed by atoms with Gasteiger partial charge in [0.2, 0.25) is 0 Å². The summed E-state index contributed by atoms with van der Waals surface area (Å²) in [5.74, 6) is 0.935. The van der Waals surface area contributed by atoms with Crippen molar-refractivity contribution in [1.29, 1.82) is 0 Å². The van der Waals surface area contributed by atoms with Gasteiger partial charge in [-0.2, -0.15) is 0 Å². The van der Waals surface area contributed by atoms with E-state index in [0.717, 1.165) is 38.3 Å². The van der Waals surface area contributed by atoms with Gasteiger partial charge in [0.15, 0.2) is 0 Å². The van der Waals surface area contributed by atoms with E-state index in [1.54, 1.807) is 7.11 Å². The molecule has 0 saturated heterocycles. The molecule has 0 aliphatic heterocycles. The largest absolute Gasteiger partial charge is 0.497 e. The van der Waals surface area contributed by atoms with E-state index < -0.39 is 0 Å². The van der Waals surface area contributed by atoms with Crippen LogP contribution >= 0.6 is 0 Å². The Bertz CT molecular complexity index is 289. The smallest absolute Gasteiger partial charge is 0.119 e. The third kappa shape index (κ3) is 5.14. The second-order valence-corrected chi connectivity index (χ2v) is 3.71. The number of rotatable bonds is 8. The zero-order chi connectivity index (χ0) is 11.6. The predicted molar refractivity (Wildman–Crippen MR) is 68.1 cm³/mol. The van der Waals surface area contributed by atoms with Gasteiger partial charge in [-0.3, -0.25) is 0 Å². The molecule has 1 aromatic rings. The van der Waals surface area contributed by atoms with Crippen molar-refractivity contribution in [3.63, 3.8) is 0 Å². The summed E-state index contributed by atoms with van der Waals surface area (Å²) in [6.45, 7) is 6.23. The topological polar surface area (TPSA) is 33.3 Å². The van der Waals surface area contributed by atoms with Gasteiger partial charge in [0.25, 0.3) is 0 Å². The zero-order valence-electron chi connectivity index (χ0n) is 10.3. The minimum atomic E-state index is 0.935. The van der Waals surface area contributed by atoms with Crippen molar-refractivity contribution < 1.29 is 4.74 Å². The fourth-order valence-corrected chi connectivity index (χ4v) is 1.54. The van der Waals surface area contributed by atoms with Crippen molar-refractivity contribution in [1.82, 2.24) is 10.6 Å². The summed E-state index contributed by atoms with van der Waals surface area (Å²) in [4.78, 5) is 0. The second-order valence-electron chi connectivity index (χ2n) is 3.71. The maximum atomic E-state index is 5.18. The SMILES string of the molecule is CCNCCNCCc1cccc(OC)c1. The van der Waals surface area contributed by atoms with Crippen molar-refractivity contribution in [3.05, 3.63) is 29.8 Å². The standard InChI is InChI=1S/C13H22N2O/c1-3-14-9-10-15-8-7-12-5-4-6-13(11-12)16-2/h4-6,11,14-15H,3,7-10H2,1-2H3. The molecule has 0 spiro atoms. The molecular weight excluding hydrogens is 200 g/mol. The average molecular weight is 222 g/mol. The Balaban J connectivity index is 2.16. The van der Waals surface area contributed by atoms with Gasteiger partial charge in [-0.05, 0) is 37.2 Å². The Hall–Kier alpha value is -1.06. The minimum Gasteiger partial charge on any atom is -0.497 e. The Morgan fingerprint density at radius 1 is 1.12 bits per heavy atom. The first-order valence-corrected chi connectivity index (χ1v) is 5.91. The van der Waals surface area contributed by atoms with Gasteiger partial charge in [0, 0.05) is 13.1 Å². The maximum Gasteiger partial charge on any atom is 0.119 e. The van der Waals surface area contributed by atoms with Gasteiger partial charge < -0.3 is 15.4 Å². The summed E-state index contributed by atoms with van der Waals surface area (Å²) in [7, 11) is 1.70. The fraction of sp³-hybridized carbons (Fsp3) is 0.538. The molecular formula is C13H22N2O. The lowest BCUT2D eigenvalue weighted by atomic mass is 10.1. The molecule has 16 heavy (non-hydrogen) atoms. The summed E-state index contributed by atoms with van der Waals surface area (Å²) in [5.41, 5.74) is 1.32. The van der Waals surface area contributed by atoms with E-state index in [4.69, 9.17) is 4.74 Å². The molecule has 90 valence electrons. The average Bonchev–Trinajstić information content (AvgIpc) is 2.34. The molecule has 1 rings (SSSR count). The van der Waals surface area contributed by atoms with Gasteiger partial charge in [0.1, 0.15) is 5.75 Å². The summed E-state index contributed by atoms with van der Waals surface area (Å²) in [6.07, 6.45) is 1.04. The highest BCUT2D eigenvalue weighted by Gasteiger charge is 1.95. The van der Waals surface area contributed by atoms with E-state index in [-0.39, 0.29) is 0 Å². The Labute approximate surface area is 98.2 Å². The molecule has 0 amide bonds.